The molecule has 0 unspecified atom stereocenters. The van der Waals surface area contributed by atoms with Crippen LogP contribution >= 0.6 is 0 Å². The lowest BCUT2D eigenvalue weighted by atomic mass is 9.77. The van der Waals surface area contributed by atoms with Crippen LogP contribution in [0.2, 0.25) is 0 Å². The Hall–Kier alpha value is -4.14. The average Bonchev–Trinajstić information content (AvgIpc) is 3.58. The standard InChI is InChI=1S/C40H51N5O3/c1-4-45(5-2)20-6-7-38(46)32-17-19-36(27(3)21-32)30-12-8-28(9-13-30)22-34(23-39(47)31-14-10-29(25-41)11-15-31)40(48)43-35-18-16-33-26-42-44-37(33)24-35/h8-9,12-13,16-19,21,24,26,29,31,34H,4-7,10-11,14-15,20,22-23,25,41H2,1-3H3,(H,42,44)(H,43,48)/t29?,31?,34-/m1/s1. The molecule has 0 spiro atoms. The van der Waals surface area contributed by atoms with E-state index in [0.717, 1.165) is 90.5 Å². The largest absolute Gasteiger partial charge is 0.330 e. The van der Waals surface area contributed by atoms with E-state index in [4.69, 9.17) is 5.73 Å². The number of hydrogen-bond acceptors (Lipinski definition) is 6. The number of fused-ring (bicyclic) bond motifs is 1. The van der Waals surface area contributed by atoms with Gasteiger partial charge in [0.1, 0.15) is 5.78 Å². The fourth-order valence-electron chi connectivity index (χ4n) is 7.06. The maximum Gasteiger partial charge on any atom is 0.228 e. The van der Waals surface area contributed by atoms with E-state index in [9.17, 15) is 14.4 Å². The molecule has 1 heterocycles. The van der Waals surface area contributed by atoms with Gasteiger partial charge < -0.3 is 16.0 Å². The number of aromatic nitrogens is 2. The van der Waals surface area contributed by atoms with Crippen LogP contribution in [0.5, 0.6) is 0 Å². The van der Waals surface area contributed by atoms with E-state index < -0.39 is 5.92 Å². The molecule has 1 aliphatic rings. The molecular weight excluding hydrogens is 598 g/mol. The quantitative estimate of drug-likeness (QED) is 0.109. The van der Waals surface area contributed by atoms with Crippen LogP contribution in [-0.2, 0) is 16.0 Å². The summed E-state index contributed by atoms with van der Waals surface area (Å²) in [5, 5.41) is 11.1. The van der Waals surface area contributed by atoms with Crippen molar-refractivity contribution in [3.63, 3.8) is 0 Å². The first-order chi connectivity index (χ1) is 23.3. The molecule has 0 saturated heterocycles. The number of nitrogens with one attached hydrogen (secondary N) is 2. The second kappa shape index (κ2) is 16.8. The molecule has 8 heteroatoms. The third kappa shape index (κ3) is 9.05. The number of rotatable bonds is 16. The second-order valence-electron chi connectivity index (χ2n) is 13.5. The fraction of sp³-hybridized carbons (Fsp3) is 0.450. The minimum atomic E-state index is -0.498. The zero-order valence-electron chi connectivity index (χ0n) is 28.8. The van der Waals surface area contributed by atoms with Crippen molar-refractivity contribution in [1.82, 2.24) is 15.1 Å². The van der Waals surface area contributed by atoms with Crippen molar-refractivity contribution in [3.8, 4) is 11.1 Å². The number of hydrogen-bond donors (Lipinski definition) is 3. The first-order valence-electron chi connectivity index (χ1n) is 17.7. The maximum atomic E-state index is 13.7. The minimum Gasteiger partial charge on any atom is -0.330 e. The van der Waals surface area contributed by atoms with Crippen LogP contribution in [0.3, 0.4) is 0 Å². The van der Waals surface area contributed by atoms with Gasteiger partial charge in [0.25, 0.3) is 0 Å². The van der Waals surface area contributed by atoms with E-state index in [2.05, 4.69) is 58.5 Å². The summed E-state index contributed by atoms with van der Waals surface area (Å²) in [5.74, 6) is 0.184. The Kier molecular flexibility index (Phi) is 12.3. The van der Waals surface area contributed by atoms with Crippen molar-refractivity contribution < 1.29 is 14.4 Å². The second-order valence-corrected chi connectivity index (χ2v) is 13.5. The summed E-state index contributed by atoms with van der Waals surface area (Å²) >= 11 is 0. The number of anilines is 1. The van der Waals surface area contributed by atoms with E-state index in [-0.39, 0.29) is 29.8 Å². The highest BCUT2D eigenvalue weighted by Crippen LogP contribution is 2.32. The van der Waals surface area contributed by atoms with Crippen molar-refractivity contribution >= 4 is 34.1 Å². The molecule has 1 aliphatic carbocycles. The summed E-state index contributed by atoms with van der Waals surface area (Å²) in [6, 6.07) is 19.9. The van der Waals surface area contributed by atoms with E-state index in [1.165, 1.54) is 0 Å². The number of carbonyl (C=O) groups is 3. The van der Waals surface area contributed by atoms with Gasteiger partial charge >= 0.3 is 0 Å². The van der Waals surface area contributed by atoms with Gasteiger partial charge in [-0.3, -0.25) is 19.5 Å². The van der Waals surface area contributed by atoms with Crippen LogP contribution in [0, 0.1) is 24.7 Å². The Morgan fingerprint density at radius 2 is 1.73 bits per heavy atom. The summed E-state index contributed by atoms with van der Waals surface area (Å²) in [7, 11) is 0. The predicted octanol–water partition coefficient (Wildman–Crippen LogP) is 7.36. The van der Waals surface area contributed by atoms with Crippen LogP contribution < -0.4 is 11.1 Å². The minimum absolute atomic E-state index is 0.00739. The summed E-state index contributed by atoms with van der Waals surface area (Å²) in [4.78, 5) is 42.5. The smallest absolute Gasteiger partial charge is 0.228 e. The Bertz CT molecular complexity index is 1680. The average molecular weight is 650 g/mol. The monoisotopic (exact) mass is 649 g/mol. The number of nitrogens with two attached hydrogens (primary N) is 1. The number of ketones is 2. The number of aryl methyl sites for hydroxylation is 1. The molecule has 4 N–H and O–H groups in total. The molecule has 1 fully saturated rings. The SMILES string of the molecule is CCN(CC)CCCC(=O)c1ccc(-c2ccc(C[C@H](CC(=O)C3CCC(CN)CC3)C(=O)Nc3ccc4cn[nH]c4c3)cc2)c(C)c1. The van der Waals surface area contributed by atoms with Crippen molar-refractivity contribution in [1.29, 1.82) is 0 Å². The molecular formula is C40H51N5O3. The first kappa shape index (κ1) is 35.2. The highest BCUT2D eigenvalue weighted by atomic mass is 16.2. The summed E-state index contributed by atoms with van der Waals surface area (Å²) < 4.78 is 0. The lowest BCUT2D eigenvalue weighted by Crippen LogP contribution is -2.31. The number of Topliss-reactive ketones (excluding diaryl/α,β-unsaturated/α-hetero) is 2. The lowest BCUT2D eigenvalue weighted by Gasteiger charge is -2.27. The molecule has 5 rings (SSSR count). The molecule has 0 aliphatic heterocycles. The van der Waals surface area contributed by atoms with Crippen molar-refractivity contribution in [2.24, 2.45) is 23.5 Å². The molecule has 1 amide bonds. The molecule has 1 saturated carbocycles. The molecule has 3 aromatic carbocycles. The molecule has 8 nitrogen and oxygen atoms in total. The van der Waals surface area contributed by atoms with Gasteiger partial charge in [-0.05, 0) is 124 Å². The fourth-order valence-corrected chi connectivity index (χ4v) is 7.06. The highest BCUT2D eigenvalue weighted by Gasteiger charge is 2.30. The zero-order valence-corrected chi connectivity index (χ0v) is 28.8. The number of nitrogens with zero attached hydrogens (tertiary/aromatic N) is 2. The molecule has 0 radical (unpaired) electrons. The number of H-pyrrole nitrogens is 1. The highest BCUT2D eigenvalue weighted by molar-refractivity contribution is 5.98. The molecule has 48 heavy (non-hydrogen) atoms. The van der Waals surface area contributed by atoms with E-state index in [1.54, 1.807) is 6.20 Å². The van der Waals surface area contributed by atoms with Crippen LogP contribution in [-0.4, -0.2) is 58.7 Å². The van der Waals surface area contributed by atoms with Crippen LogP contribution in [0.15, 0.2) is 66.9 Å². The van der Waals surface area contributed by atoms with E-state index in [1.807, 2.05) is 43.3 Å². The molecule has 254 valence electrons. The van der Waals surface area contributed by atoms with Crippen LogP contribution in [0.25, 0.3) is 22.0 Å². The Morgan fingerprint density at radius 3 is 2.42 bits per heavy atom. The Balaban J connectivity index is 1.26. The predicted molar refractivity (Wildman–Crippen MR) is 194 cm³/mol. The van der Waals surface area contributed by atoms with Gasteiger partial charge in [-0.1, -0.05) is 50.2 Å². The van der Waals surface area contributed by atoms with Gasteiger partial charge in [-0.2, -0.15) is 5.10 Å². The molecule has 1 atom stereocenters. The third-order valence-corrected chi connectivity index (χ3v) is 10.2. The number of amides is 1. The summed E-state index contributed by atoms with van der Waals surface area (Å²) in [6.45, 7) is 9.96. The first-order valence-corrected chi connectivity index (χ1v) is 17.7. The summed E-state index contributed by atoms with van der Waals surface area (Å²) in [6.07, 6.45) is 7.47. The van der Waals surface area contributed by atoms with E-state index in [0.29, 0.717) is 31.0 Å². The van der Waals surface area contributed by atoms with Crippen molar-refractivity contribution in [2.75, 3.05) is 31.5 Å². The van der Waals surface area contributed by atoms with Crippen molar-refractivity contribution in [2.45, 2.75) is 72.1 Å². The van der Waals surface area contributed by atoms with Gasteiger partial charge in [0.15, 0.2) is 5.78 Å². The number of benzene rings is 3. The van der Waals surface area contributed by atoms with Gasteiger partial charge in [-0.15, -0.1) is 0 Å². The van der Waals surface area contributed by atoms with Gasteiger partial charge in [0, 0.05) is 41.3 Å². The Labute approximate surface area is 284 Å². The summed E-state index contributed by atoms with van der Waals surface area (Å²) in [5.41, 5.74) is 12.3. The van der Waals surface area contributed by atoms with Crippen molar-refractivity contribution in [3.05, 3.63) is 83.6 Å². The topological polar surface area (TPSA) is 121 Å². The van der Waals surface area contributed by atoms with Gasteiger partial charge in [-0.25, -0.2) is 0 Å². The Morgan fingerprint density at radius 1 is 0.979 bits per heavy atom. The van der Waals surface area contributed by atoms with Gasteiger partial charge in [0.05, 0.1) is 11.7 Å². The van der Waals surface area contributed by atoms with Crippen LogP contribution in [0.4, 0.5) is 5.69 Å². The zero-order chi connectivity index (χ0) is 34.0. The molecule has 0 bridgehead atoms. The number of aromatic amines is 1. The van der Waals surface area contributed by atoms with E-state index >= 15 is 0 Å². The van der Waals surface area contributed by atoms with Crippen LogP contribution in [0.1, 0.15) is 80.3 Å². The maximum absolute atomic E-state index is 13.7. The normalized spacial score (nSPS) is 17.0. The lowest BCUT2D eigenvalue weighted by molar-refractivity contribution is -0.129. The number of carbonyl (C=O) groups excluding carboxylic acids is 3. The third-order valence-electron chi connectivity index (χ3n) is 10.2. The van der Waals surface area contributed by atoms with Gasteiger partial charge in [0.2, 0.25) is 5.91 Å². The molecule has 1 aromatic heterocycles. The molecule has 4 aromatic rings.